The molecule has 1 aliphatic heterocycles. The van der Waals surface area contributed by atoms with E-state index >= 15 is 0 Å². The third-order valence-corrected chi connectivity index (χ3v) is 6.28. The van der Waals surface area contributed by atoms with Crippen molar-refractivity contribution in [3.8, 4) is 5.75 Å². The van der Waals surface area contributed by atoms with Gasteiger partial charge in [0.15, 0.2) is 9.84 Å². The topological polar surface area (TPSA) is 77.9 Å². The van der Waals surface area contributed by atoms with E-state index in [4.69, 9.17) is 0 Å². The number of hydrogen-bond acceptors (Lipinski definition) is 5. The lowest BCUT2D eigenvalue weighted by Gasteiger charge is -2.31. The van der Waals surface area contributed by atoms with E-state index in [-0.39, 0.29) is 29.2 Å². The van der Waals surface area contributed by atoms with Crippen LogP contribution in [0.3, 0.4) is 0 Å². The van der Waals surface area contributed by atoms with Gasteiger partial charge in [-0.25, -0.2) is 8.42 Å². The van der Waals surface area contributed by atoms with Crippen LogP contribution in [0.4, 0.5) is 0 Å². The van der Waals surface area contributed by atoms with E-state index in [2.05, 4.69) is 0 Å². The van der Waals surface area contributed by atoms with Crippen LogP contribution in [0, 0.1) is 0 Å². The molecule has 1 amide bonds. The van der Waals surface area contributed by atoms with Gasteiger partial charge in [-0.1, -0.05) is 18.2 Å². The second-order valence-corrected chi connectivity index (χ2v) is 8.45. The summed E-state index contributed by atoms with van der Waals surface area (Å²) >= 11 is 0. The molecule has 1 heterocycles. The molecule has 0 aliphatic carbocycles. The average molecular weight is 340 g/mol. The molecule has 6 nitrogen and oxygen atoms in total. The van der Waals surface area contributed by atoms with Crippen molar-refractivity contribution in [1.82, 2.24) is 9.80 Å². The fourth-order valence-electron chi connectivity index (χ4n) is 2.79. The fraction of sp³-hybridized carbons (Fsp3) is 0.562. The highest BCUT2D eigenvalue weighted by molar-refractivity contribution is 7.91. The van der Waals surface area contributed by atoms with Gasteiger partial charge in [-0.05, 0) is 26.5 Å². The molecule has 0 radical (unpaired) electrons. The number of hydrogen-bond donors (Lipinski definition) is 1. The highest BCUT2D eigenvalue weighted by Gasteiger charge is 2.34. The Morgan fingerprint density at radius 3 is 2.57 bits per heavy atom. The van der Waals surface area contributed by atoms with Crippen molar-refractivity contribution in [2.24, 2.45) is 0 Å². The maximum atomic E-state index is 12.6. The monoisotopic (exact) mass is 340 g/mol. The van der Waals surface area contributed by atoms with Gasteiger partial charge in [0.1, 0.15) is 5.75 Å². The maximum Gasteiger partial charge on any atom is 0.239 e. The molecule has 1 saturated heterocycles. The van der Waals surface area contributed by atoms with E-state index in [0.717, 1.165) is 5.56 Å². The number of phenolic OH excluding ortho intramolecular Hbond substituents is 1. The quantitative estimate of drug-likeness (QED) is 0.860. The molecule has 1 N–H and O–H groups in total. The number of phenols is 1. The van der Waals surface area contributed by atoms with Gasteiger partial charge in [-0.15, -0.1) is 0 Å². The number of likely N-dealkylation sites (N-methyl/N-ethyl adjacent to an activating group) is 2. The van der Waals surface area contributed by atoms with Crippen LogP contribution in [0.25, 0.3) is 0 Å². The van der Waals surface area contributed by atoms with Crippen LogP contribution in [0.2, 0.25) is 0 Å². The van der Waals surface area contributed by atoms with E-state index in [1.807, 2.05) is 24.1 Å². The van der Waals surface area contributed by atoms with Crippen molar-refractivity contribution in [3.05, 3.63) is 29.8 Å². The van der Waals surface area contributed by atoms with Crippen LogP contribution in [0.15, 0.2) is 24.3 Å². The number of para-hydroxylation sites is 1. The van der Waals surface area contributed by atoms with E-state index in [1.54, 1.807) is 31.0 Å². The summed E-state index contributed by atoms with van der Waals surface area (Å²) < 4.78 is 23.1. The van der Waals surface area contributed by atoms with E-state index in [0.29, 0.717) is 13.0 Å². The van der Waals surface area contributed by atoms with E-state index in [1.165, 1.54) is 0 Å². The van der Waals surface area contributed by atoms with E-state index < -0.39 is 15.9 Å². The first-order valence-electron chi connectivity index (χ1n) is 7.65. The van der Waals surface area contributed by atoms with Crippen molar-refractivity contribution in [3.63, 3.8) is 0 Å². The Kier molecular flexibility index (Phi) is 5.31. The van der Waals surface area contributed by atoms with Gasteiger partial charge in [-0.3, -0.25) is 9.69 Å². The van der Waals surface area contributed by atoms with Crippen molar-refractivity contribution < 1.29 is 18.3 Å². The molecule has 0 unspecified atom stereocenters. The molecule has 0 bridgehead atoms. The van der Waals surface area contributed by atoms with Gasteiger partial charge in [0.25, 0.3) is 0 Å². The minimum absolute atomic E-state index is 0.0468. The Morgan fingerprint density at radius 2 is 2.00 bits per heavy atom. The van der Waals surface area contributed by atoms with Crippen LogP contribution < -0.4 is 0 Å². The number of aromatic hydroxyl groups is 1. The minimum Gasteiger partial charge on any atom is -0.508 e. The highest BCUT2D eigenvalue weighted by Crippen LogP contribution is 2.20. The fourth-order valence-corrected chi connectivity index (χ4v) is 4.57. The van der Waals surface area contributed by atoms with Gasteiger partial charge >= 0.3 is 0 Å². The second-order valence-electron chi connectivity index (χ2n) is 6.23. The zero-order valence-corrected chi connectivity index (χ0v) is 14.6. The smallest absolute Gasteiger partial charge is 0.239 e. The van der Waals surface area contributed by atoms with Crippen molar-refractivity contribution in [2.45, 2.75) is 32.0 Å². The summed E-state index contributed by atoms with van der Waals surface area (Å²) in [6.45, 7) is 2.23. The molecule has 0 aromatic heterocycles. The summed E-state index contributed by atoms with van der Waals surface area (Å²) in [4.78, 5) is 16.0. The first-order chi connectivity index (χ1) is 10.7. The van der Waals surface area contributed by atoms with Crippen LogP contribution in [0.5, 0.6) is 5.75 Å². The van der Waals surface area contributed by atoms with Gasteiger partial charge in [-0.2, -0.15) is 0 Å². The average Bonchev–Trinajstić information content (AvgIpc) is 2.87. The molecule has 1 fully saturated rings. The zero-order valence-electron chi connectivity index (χ0n) is 13.8. The van der Waals surface area contributed by atoms with E-state index in [9.17, 15) is 18.3 Å². The summed E-state index contributed by atoms with van der Waals surface area (Å²) in [5.74, 6) is 0.294. The lowest BCUT2D eigenvalue weighted by Crippen LogP contribution is -2.48. The van der Waals surface area contributed by atoms with Crippen LogP contribution >= 0.6 is 0 Å². The molecule has 7 heteroatoms. The summed E-state index contributed by atoms with van der Waals surface area (Å²) in [5.41, 5.74) is 0.751. The number of rotatable bonds is 5. The molecule has 1 aliphatic rings. The number of carbonyl (C=O) groups excluding carboxylic acids is 1. The summed E-state index contributed by atoms with van der Waals surface area (Å²) in [6.07, 6.45) is 0.500. The molecule has 128 valence electrons. The second kappa shape index (κ2) is 6.88. The Bertz CT molecular complexity index is 674. The summed E-state index contributed by atoms with van der Waals surface area (Å²) in [6, 6.07) is 6.38. The van der Waals surface area contributed by atoms with Gasteiger partial charge < -0.3 is 10.0 Å². The van der Waals surface area contributed by atoms with Crippen molar-refractivity contribution in [1.29, 1.82) is 0 Å². The van der Waals surface area contributed by atoms with Gasteiger partial charge in [0.05, 0.1) is 17.5 Å². The molecule has 0 saturated carbocycles. The van der Waals surface area contributed by atoms with Crippen LogP contribution in [-0.2, 0) is 21.2 Å². The largest absolute Gasteiger partial charge is 0.508 e. The molecule has 2 atom stereocenters. The molecule has 23 heavy (non-hydrogen) atoms. The Labute approximate surface area is 137 Å². The maximum absolute atomic E-state index is 12.6. The molecular formula is C16H24N2O4S. The zero-order chi connectivity index (χ0) is 17.2. The molecule has 0 spiro atoms. The Hall–Kier alpha value is -1.60. The first kappa shape index (κ1) is 17.7. The van der Waals surface area contributed by atoms with Crippen molar-refractivity contribution in [2.75, 3.05) is 25.6 Å². The number of sulfone groups is 1. The number of amides is 1. The molecular weight excluding hydrogens is 316 g/mol. The summed E-state index contributed by atoms with van der Waals surface area (Å²) in [7, 11) is 0.464. The number of nitrogens with zero attached hydrogens (tertiary/aromatic N) is 2. The van der Waals surface area contributed by atoms with Crippen molar-refractivity contribution >= 4 is 15.7 Å². The lowest BCUT2D eigenvalue weighted by molar-refractivity contribution is -0.136. The predicted octanol–water partition coefficient (Wildman–Crippen LogP) is 0.858. The van der Waals surface area contributed by atoms with Crippen LogP contribution in [-0.4, -0.2) is 66.9 Å². The van der Waals surface area contributed by atoms with Gasteiger partial charge in [0, 0.05) is 25.2 Å². The molecule has 1 aromatic carbocycles. The molecule has 1 aromatic rings. The molecule has 2 rings (SSSR count). The number of carbonyl (C=O) groups is 1. The lowest BCUT2D eigenvalue weighted by atomic mass is 10.1. The predicted molar refractivity (Wildman–Crippen MR) is 88.9 cm³/mol. The first-order valence-corrected chi connectivity index (χ1v) is 9.47. The number of benzene rings is 1. The Balaban J connectivity index is 2.00. The Morgan fingerprint density at radius 1 is 1.35 bits per heavy atom. The third-order valence-electron chi connectivity index (χ3n) is 4.53. The summed E-state index contributed by atoms with van der Waals surface area (Å²) in [5, 5.41) is 9.83. The normalized spacial score (nSPS) is 21.3. The SMILES string of the molecule is C[C@H](C(=O)N(C)[C@@H]1CCS(=O)(=O)C1)N(C)Cc1ccccc1O. The highest BCUT2D eigenvalue weighted by atomic mass is 32.2. The standard InChI is InChI=1S/C16H24N2O4S/c1-12(17(2)10-13-6-4-5-7-15(13)19)16(20)18(3)14-8-9-23(21,22)11-14/h4-7,12,14,19H,8-11H2,1-3H3/t12-,14-/m1/s1. The third kappa shape index (κ3) is 4.23. The van der Waals surface area contributed by atoms with Crippen LogP contribution in [0.1, 0.15) is 18.9 Å². The minimum atomic E-state index is -3.01. The van der Waals surface area contributed by atoms with Gasteiger partial charge in [0.2, 0.25) is 5.91 Å².